The van der Waals surface area contributed by atoms with Crippen molar-refractivity contribution in [3.8, 4) is 0 Å². The Hall–Kier alpha value is -2.33. The molecule has 2 aliphatic rings. The number of benzene rings is 2. The summed E-state index contributed by atoms with van der Waals surface area (Å²) in [5.41, 5.74) is 2.37. The van der Waals surface area contributed by atoms with E-state index in [1.165, 1.54) is 12.0 Å². The number of hydrogen-bond acceptors (Lipinski definition) is 3. The topological polar surface area (TPSA) is 32.8 Å². The molecule has 0 aliphatic carbocycles. The van der Waals surface area contributed by atoms with Crippen LogP contribution in [0.4, 0.5) is 4.79 Å². The Morgan fingerprint density at radius 1 is 0.960 bits per heavy atom. The summed E-state index contributed by atoms with van der Waals surface area (Å²) >= 11 is 0. The Bertz CT molecular complexity index is 704. The van der Waals surface area contributed by atoms with Gasteiger partial charge in [0.25, 0.3) is 0 Å². The number of ether oxygens (including phenoxy) is 1. The van der Waals surface area contributed by atoms with E-state index in [-0.39, 0.29) is 6.09 Å². The maximum Gasteiger partial charge on any atom is 0.410 e. The molecular formula is C21H24N2O2. The molecule has 0 radical (unpaired) electrons. The Kier molecular flexibility index (Phi) is 4.70. The average molecular weight is 336 g/mol. The number of likely N-dealkylation sites (tertiary alicyclic amines) is 2. The van der Waals surface area contributed by atoms with Gasteiger partial charge in [0.15, 0.2) is 0 Å². The maximum atomic E-state index is 12.4. The number of hydrogen-bond donors (Lipinski definition) is 0. The minimum atomic E-state index is -0.182. The van der Waals surface area contributed by atoms with Gasteiger partial charge in [-0.3, -0.25) is 4.90 Å². The van der Waals surface area contributed by atoms with Gasteiger partial charge in [-0.05, 0) is 30.0 Å². The molecule has 0 bridgehead atoms. The zero-order valence-corrected chi connectivity index (χ0v) is 14.4. The van der Waals surface area contributed by atoms with Crippen molar-refractivity contribution in [3.05, 3.63) is 71.8 Å². The summed E-state index contributed by atoms with van der Waals surface area (Å²) in [6.45, 7) is 4.04. The molecular weight excluding hydrogens is 312 g/mol. The zero-order valence-electron chi connectivity index (χ0n) is 14.4. The Morgan fingerprint density at radius 2 is 1.64 bits per heavy atom. The lowest BCUT2D eigenvalue weighted by molar-refractivity contribution is 0.0988. The Labute approximate surface area is 149 Å². The van der Waals surface area contributed by atoms with Crippen LogP contribution in [0.1, 0.15) is 17.5 Å². The lowest BCUT2D eigenvalue weighted by Crippen LogP contribution is -2.37. The van der Waals surface area contributed by atoms with E-state index in [1.54, 1.807) is 0 Å². The van der Waals surface area contributed by atoms with Crippen LogP contribution < -0.4 is 0 Å². The molecule has 2 fully saturated rings. The first-order chi connectivity index (χ1) is 12.3. The summed E-state index contributed by atoms with van der Waals surface area (Å²) in [4.78, 5) is 16.8. The van der Waals surface area contributed by atoms with Crippen LogP contribution in [0, 0.1) is 5.92 Å². The third-order valence-corrected chi connectivity index (χ3v) is 5.35. The second-order valence-corrected chi connectivity index (χ2v) is 7.02. The molecule has 2 aliphatic heterocycles. The van der Waals surface area contributed by atoms with Crippen LogP contribution in [0.2, 0.25) is 0 Å². The van der Waals surface area contributed by atoms with Gasteiger partial charge in [-0.1, -0.05) is 60.7 Å². The van der Waals surface area contributed by atoms with Crippen LogP contribution in [0.3, 0.4) is 0 Å². The predicted molar refractivity (Wildman–Crippen MR) is 96.9 cm³/mol. The fourth-order valence-electron chi connectivity index (χ4n) is 4.02. The molecule has 0 saturated carbocycles. The summed E-state index contributed by atoms with van der Waals surface area (Å²) in [5.74, 6) is 0.577. The molecule has 4 rings (SSSR count). The summed E-state index contributed by atoms with van der Waals surface area (Å²) in [6.07, 6.45) is 0.984. The number of carbonyl (C=O) groups excluding carboxylic acids is 1. The van der Waals surface area contributed by atoms with Crippen LogP contribution in [-0.2, 0) is 17.9 Å². The summed E-state index contributed by atoms with van der Waals surface area (Å²) < 4.78 is 5.50. The van der Waals surface area contributed by atoms with E-state index in [2.05, 4.69) is 35.2 Å². The highest BCUT2D eigenvalue weighted by atomic mass is 16.6. The van der Waals surface area contributed by atoms with E-state index in [4.69, 9.17) is 4.74 Å². The van der Waals surface area contributed by atoms with Crippen LogP contribution in [0.5, 0.6) is 0 Å². The number of fused-ring (bicyclic) bond motifs is 1. The van der Waals surface area contributed by atoms with Crippen molar-refractivity contribution < 1.29 is 9.53 Å². The highest BCUT2D eigenvalue weighted by Gasteiger charge is 2.43. The van der Waals surface area contributed by atoms with Crippen molar-refractivity contribution in [2.24, 2.45) is 5.92 Å². The van der Waals surface area contributed by atoms with E-state index >= 15 is 0 Å². The summed E-state index contributed by atoms with van der Waals surface area (Å²) in [5, 5.41) is 0. The second-order valence-electron chi connectivity index (χ2n) is 7.02. The molecule has 0 spiro atoms. The smallest absolute Gasteiger partial charge is 0.410 e. The molecule has 2 heterocycles. The van der Waals surface area contributed by atoms with Crippen LogP contribution >= 0.6 is 0 Å². The molecule has 0 N–H and O–H groups in total. The standard InChI is InChI=1S/C21H24N2O2/c24-21(25-16-18-9-5-2-6-10-18)23-14-19-11-12-22(20(19)15-23)13-17-7-3-1-4-8-17/h1-10,19-20H,11-16H2/t19-,20+/m0/s1. The molecule has 2 aromatic rings. The van der Waals surface area contributed by atoms with Crippen LogP contribution in [0.15, 0.2) is 60.7 Å². The highest BCUT2D eigenvalue weighted by Crippen LogP contribution is 2.32. The van der Waals surface area contributed by atoms with Gasteiger partial charge in [0.2, 0.25) is 0 Å². The molecule has 0 unspecified atom stereocenters. The van der Waals surface area contributed by atoms with Crippen molar-refractivity contribution >= 4 is 6.09 Å². The maximum absolute atomic E-state index is 12.4. The van der Waals surface area contributed by atoms with Gasteiger partial charge in [-0.2, -0.15) is 0 Å². The van der Waals surface area contributed by atoms with Gasteiger partial charge in [0, 0.05) is 25.7 Å². The Morgan fingerprint density at radius 3 is 2.36 bits per heavy atom. The van der Waals surface area contributed by atoms with Gasteiger partial charge in [0.1, 0.15) is 6.61 Å². The fourth-order valence-corrected chi connectivity index (χ4v) is 4.02. The molecule has 130 valence electrons. The van der Waals surface area contributed by atoms with E-state index < -0.39 is 0 Å². The van der Waals surface area contributed by atoms with E-state index in [9.17, 15) is 4.79 Å². The molecule has 2 aromatic carbocycles. The fraction of sp³-hybridized carbons (Fsp3) is 0.381. The number of carbonyl (C=O) groups is 1. The van der Waals surface area contributed by atoms with Gasteiger partial charge in [-0.15, -0.1) is 0 Å². The number of rotatable bonds is 4. The normalized spacial score (nSPS) is 22.8. The van der Waals surface area contributed by atoms with Crippen molar-refractivity contribution in [2.75, 3.05) is 19.6 Å². The van der Waals surface area contributed by atoms with Gasteiger partial charge < -0.3 is 9.64 Å². The van der Waals surface area contributed by atoms with E-state index in [0.717, 1.165) is 31.7 Å². The quantitative estimate of drug-likeness (QED) is 0.856. The number of amides is 1. The highest BCUT2D eigenvalue weighted by molar-refractivity contribution is 5.68. The molecule has 1 amide bonds. The molecule has 4 nitrogen and oxygen atoms in total. The minimum absolute atomic E-state index is 0.182. The van der Waals surface area contributed by atoms with Crippen molar-refractivity contribution in [1.82, 2.24) is 9.80 Å². The summed E-state index contributed by atoms with van der Waals surface area (Å²) in [7, 11) is 0. The molecule has 2 saturated heterocycles. The third kappa shape index (κ3) is 3.69. The van der Waals surface area contributed by atoms with Crippen molar-refractivity contribution in [2.45, 2.75) is 25.6 Å². The summed E-state index contributed by atoms with van der Waals surface area (Å²) in [6, 6.07) is 20.9. The van der Waals surface area contributed by atoms with Gasteiger partial charge in [0.05, 0.1) is 0 Å². The average Bonchev–Trinajstić information content (AvgIpc) is 3.24. The second kappa shape index (κ2) is 7.28. The lowest BCUT2D eigenvalue weighted by atomic mass is 10.0. The van der Waals surface area contributed by atoms with Crippen LogP contribution in [0.25, 0.3) is 0 Å². The molecule has 25 heavy (non-hydrogen) atoms. The first-order valence-corrected chi connectivity index (χ1v) is 9.03. The van der Waals surface area contributed by atoms with Crippen molar-refractivity contribution in [1.29, 1.82) is 0 Å². The lowest BCUT2D eigenvalue weighted by Gasteiger charge is -2.24. The predicted octanol–water partition coefficient (Wildman–Crippen LogP) is 3.53. The van der Waals surface area contributed by atoms with E-state index in [1.807, 2.05) is 35.2 Å². The largest absolute Gasteiger partial charge is 0.445 e. The monoisotopic (exact) mass is 336 g/mol. The van der Waals surface area contributed by atoms with Gasteiger partial charge in [-0.25, -0.2) is 4.79 Å². The first-order valence-electron chi connectivity index (χ1n) is 9.03. The molecule has 4 heteroatoms. The molecule has 0 aromatic heterocycles. The molecule has 2 atom stereocenters. The van der Waals surface area contributed by atoms with Crippen LogP contribution in [-0.4, -0.2) is 41.6 Å². The zero-order chi connectivity index (χ0) is 17.1. The number of nitrogens with zero attached hydrogens (tertiary/aromatic N) is 2. The first kappa shape index (κ1) is 16.2. The van der Waals surface area contributed by atoms with Gasteiger partial charge >= 0.3 is 6.09 Å². The van der Waals surface area contributed by atoms with Crippen molar-refractivity contribution in [3.63, 3.8) is 0 Å². The van der Waals surface area contributed by atoms with E-state index in [0.29, 0.717) is 18.6 Å². The Balaban J connectivity index is 1.32. The third-order valence-electron chi connectivity index (χ3n) is 5.35. The minimum Gasteiger partial charge on any atom is -0.445 e. The SMILES string of the molecule is O=C(OCc1ccccc1)N1C[C@@H]2CCN(Cc3ccccc3)[C@@H]2C1.